The number of aromatic nitrogens is 2. The molecule has 102 valence electrons. The minimum Gasteiger partial charge on any atom is -0.265 e. The van der Waals surface area contributed by atoms with Gasteiger partial charge in [0.2, 0.25) is 0 Å². The summed E-state index contributed by atoms with van der Waals surface area (Å²) in [6, 6.07) is 11.4. The number of rotatable bonds is 0. The van der Waals surface area contributed by atoms with Gasteiger partial charge < -0.3 is 0 Å². The van der Waals surface area contributed by atoms with Crippen molar-refractivity contribution in [3.8, 4) is 0 Å². The molecule has 0 amide bonds. The molecule has 0 saturated heterocycles. The molecule has 0 radical (unpaired) electrons. The molecule has 0 unspecified atom stereocenters. The van der Waals surface area contributed by atoms with Crippen LogP contribution in [-0.4, -0.2) is 9.97 Å². The molecule has 2 heterocycles. The molecular formula is C10H10AuClN2O4. The van der Waals surface area contributed by atoms with E-state index >= 15 is 0 Å². The van der Waals surface area contributed by atoms with Crippen molar-refractivity contribution in [2.45, 2.75) is 0 Å². The second-order valence-corrected chi connectivity index (χ2v) is 3.18. The second kappa shape index (κ2) is 12.6. The summed E-state index contributed by atoms with van der Waals surface area (Å²) in [7, 11) is -4.94. The summed E-state index contributed by atoms with van der Waals surface area (Å²) >= 11 is 0. The molecule has 0 spiro atoms. The van der Waals surface area contributed by atoms with Crippen molar-refractivity contribution < 1.29 is 51.3 Å². The van der Waals surface area contributed by atoms with E-state index < -0.39 is 10.2 Å². The molecular weight excluding hydrogens is 445 g/mol. The SMILES string of the molecule is [Au+].[O-][Cl+3]([O-])([O-])[O-].c1ccncc1.c1ccncc1. The molecule has 0 bridgehead atoms. The summed E-state index contributed by atoms with van der Waals surface area (Å²) in [4.78, 5) is 7.57. The van der Waals surface area contributed by atoms with Crippen LogP contribution in [0.4, 0.5) is 0 Å². The molecule has 18 heavy (non-hydrogen) atoms. The molecule has 0 aliphatic carbocycles. The quantitative estimate of drug-likeness (QED) is 0.403. The Kier molecular flexibility index (Phi) is 13.7. The number of hydrogen-bond donors (Lipinski definition) is 0. The van der Waals surface area contributed by atoms with Crippen LogP contribution < -0.4 is 18.6 Å². The van der Waals surface area contributed by atoms with Crippen molar-refractivity contribution >= 4 is 0 Å². The van der Waals surface area contributed by atoms with Crippen LogP contribution in [-0.2, 0) is 22.4 Å². The van der Waals surface area contributed by atoms with E-state index in [1.807, 2.05) is 36.4 Å². The molecule has 8 heteroatoms. The maximum absolute atomic E-state index is 8.49. The van der Waals surface area contributed by atoms with Crippen molar-refractivity contribution in [2.24, 2.45) is 0 Å². The van der Waals surface area contributed by atoms with E-state index in [1.165, 1.54) is 0 Å². The van der Waals surface area contributed by atoms with Crippen LogP contribution >= 0.6 is 0 Å². The van der Waals surface area contributed by atoms with Gasteiger partial charge in [-0.3, -0.25) is 9.97 Å². The normalized spacial score (nSPS) is 8.67. The Morgan fingerprint density at radius 1 is 0.556 bits per heavy atom. The first-order valence-corrected chi connectivity index (χ1v) is 5.55. The average Bonchev–Trinajstić information content (AvgIpc) is 2.32. The molecule has 0 aliphatic heterocycles. The maximum atomic E-state index is 8.49. The van der Waals surface area contributed by atoms with Gasteiger partial charge in [-0.1, -0.05) is 12.1 Å². The van der Waals surface area contributed by atoms with Crippen LogP contribution in [0.2, 0.25) is 0 Å². The zero-order chi connectivity index (χ0) is 13.0. The zero-order valence-corrected chi connectivity index (χ0v) is 11.9. The summed E-state index contributed by atoms with van der Waals surface area (Å²) in [6.07, 6.45) is 7.00. The fourth-order valence-electron chi connectivity index (χ4n) is 0.625. The van der Waals surface area contributed by atoms with Crippen LogP contribution in [0.15, 0.2) is 61.2 Å². The van der Waals surface area contributed by atoms with Crippen molar-refractivity contribution in [3.63, 3.8) is 0 Å². The molecule has 6 nitrogen and oxygen atoms in total. The Balaban J connectivity index is 0. The Bertz CT molecular complexity index is 270. The molecule has 0 aromatic carbocycles. The van der Waals surface area contributed by atoms with Gasteiger partial charge in [0.15, 0.2) is 0 Å². The third-order valence-electron chi connectivity index (χ3n) is 1.13. The Morgan fingerprint density at radius 3 is 0.833 bits per heavy atom. The smallest absolute Gasteiger partial charge is 0.265 e. The third-order valence-corrected chi connectivity index (χ3v) is 1.13. The van der Waals surface area contributed by atoms with Crippen LogP contribution in [0.1, 0.15) is 0 Å². The van der Waals surface area contributed by atoms with Gasteiger partial charge in [-0.15, -0.1) is 10.2 Å². The van der Waals surface area contributed by atoms with E-state index in [0.717, 1.165) is 0 Å². The second-order valence-electron chi connectivity index (χ2n) is 2.43. The van der Waals surface area contributed by atoms with Crippen LogP contribution in [0, 0.1) is 10.2 Å². The molecule has 0 fully saturated rings. The largest absolute Gasteiger partial charge is 1.00 e. The fourth-order valence-corrected chi connectivity index (χ4v) is 0.625. The van der Waals surface area contributed by atoms with Gasteiger partial charge in [0.05, 0.1) is 0 Å². The minimum atomic E-state index is -4.94. The summed E-state index contributed by atoms with van der Waals surface area (Å²) in [5.41, 5.74) is 0. The number of hydrogen-bond acceptors (Lipinski definition) is 6. The van der Waals surface area contributed by atoms with Gasteiger partial charge >= 0.3 is 22.4 Å². The Morgan fingerprint density at radius 2 is 0.778 bits per heavy atom. The van der Waals surface area contributed by atoms with E-state index in [4.69, 9.17) is 18.6 Å². The monoisotopic (exact) mass is 454 g/mol. The topological polar surface area (TPSA) is 118 Å². The van der Waals surface area contributed by atoms with Crippen molar-refractivity contribution in [1.29, 1.82) is 0 Å². The molecule has 0 N–H and O–H groups in total. The Labute approximate surface area is 122 Å². The van der Waals surface area contributed by atoms with Crippen molar-refractivity contribution in [3.05, 3.63) is 61.2 Å². The first-order chi connectivity index (χ1) is 8.00. The maximum Gasteiger partial charge on any atom is 1.00 e. The molecule has 2 aromatic rings. The predicted octanol–water partition coefficient (Wildman–Crippen LogP) is -2.60. The fraction of sp³-hybridized carbons (Fsp3) is 0. The predicted molar refractivity (Wildman–Crippen MR) is 48.5 cm³/mol. The zero-order valence-electron chi connectivity index (χ0n) is 8.98. The summed E-state index contributed by atoms with van der Waals surface area (Å²) < 4.78 is 34.0. The van der Waals surface area contributed by atoms with E-state index in [9.17, 15) is 0 Å². The van der Waals surface area contributed by atoms with Crippen LogP contribution in [0.25, 0.3) is 0 Å². The average molecular weight is 455 g/mol. The summed E-state index contributed by atoms with van der Waals surface area (Å²) in [5, 5.41) is 0. The first kappa shape index (κ1) is 19.5. The number of nitrogens with zero attached hydrogens (tertiary/aromatic N) is 2. The van der Waals surface area contributed by atoms with E-state index in [1.54, 1.807) is 24.8 Å². The van der Waals surface area contributed by atoms with Gasteiger partial charge in [0.1, 0.15) is 0 Å². The number of pyridine rings is 2. The summed E-state index contributed by atoms with van der Waals surface area (Å²) in [6.45, 7) is 0. The Hall–Kier alpha value is -0.830. The number of halogens is 1. The van der Waals surface area contributed by atoms with Gasteiger partial charge in [-0.2, -0.15) is 0 Å². The van der Waals surface area contributed by atoms with Crippen molar-refractivity contribution in [1.82, 2.24) is 9.97 Å². The van der Waals surface area contributed by atoms with Gasteiger partial charge in [-0.05, 0) is 24.3 Å². The standard InChI is InChI=1S/2C5H5N.Au.ClHO4/c2*1-2-4-6-5-3-1;;2-1(3,4)5/h2*1-5H;;(H,2,3,4,5)/q;;+1;/p-1. The van der Waals surface area contributed by atoms with Crippen LogP contribution in [0.5, 0.6) is 0 Å². The van der Waals surface area contributed by atoms with E-state index in [-0.39, 0.29) is 22.4 Å². The first-order valence-electron chi connectivity index (χ1n) is 4.32. The van der Waals surface area contributed by atoms with Gasteiger partial charge in [0.25, 0.3) is 0 Å². The van der Waals surface area contributed by atoms with Gasteiger partial charge in [0, 0.05) is 24.8 Å². The molecule has 0 atom stereocenters. The third kappa shape index (κ3) is 24.4. The van der Waals surface area contributed by atoms with Crippen LogP contribution in [0.3, 0.4) is 0 Å². The van der Waals surface area contributed by atoms with E-state index in [2.05, 4.69) is 9.97 Å². The van der Waals surface area contributed by atoms with E-state index in [0.29, 0.717) is 0 Å². The van der Waals surface area contributed by atoms with Gasteiger partial charge in [-0.25, -0.2) is 18.6 Å². The molecule has 2 rings (SSSR count). The van der Waals surface area contributed by atoms with Crippen molar-refractivity contribution in [2.75, 3.05) is 0 Å². The molecule has 2 aromatic heterocycles. The minimum absolute atomic E-state index is 0. The summed E-state index contributed by atoms with van der Waals surface area (Å²) in [5.74, 6) is 0. The molecule has 0 aliphatic rings. The molecule has 0 saturated carbocycles.